The molecule has 0 heterocycles. The van der Waals surface area contributed by atoms with Crippen LogP contribution in [0.2, 0.25) is 0 Å². The minimum Gasteiger partial charge on any atom is -0.507 e. The first-order chi connectivity index (χ1) is 11.8. The molecule has 5 nitrogen and oxygen atoms in total. The molecule has 2 aliphatic rings. The molecule has 0 saturated heterocycles. The van der Waals surface area contributed by atoms with E-state index in [1.54, 1.807) is 6.07 Å². The smallest absolute Gasteiger partial charge is 0.252 e. The Morgan fingerprint density at radius 2 is 1.76 bits per heavy atom. The van der Waals surface area contributed by atoms with Crippen molar-refractivity contribution in [3.8, 4) is 5.75 Å². The van der Waals surface area contributed by atoms with Gasteiger partial charge in [-0.2, -0.15) is 0 Å². The third kappa shape index (κ3) is 2.93. The number of benzene rings is 1. The van der Waals surface area contributed by atoms with E-state index in [2.05, 4.69) is 12.7 Å². The Balaban J connectivity index is 0.00000109. The van der Waals surface area contributed by atoms with Crippen LogP contribution in [0.5, 0.6) is 5.75 Å². The number of primary amides is 1. The van der Waals surface area contributed by atoms with Gasteiger partial charge in [-0.15, -0.1) is 0 Å². The number of nitrogens with two attached hydrogens (primary N) is 2. The van der Waals surface area contributed by atoms with Crippen LogP contribution in [-0.4, -0.2) is 28.8 Å². The average Bonchev–Trinajstić information content (AvgIpc) is 2.58. The summed E-state index contributed by atoms with van der Waals surface area (Å²) in [7, 11) is 1.50. The van der Waals surface area contributed by atoms with Crippen molar-refractivity contribution in [1.29, 1.82) is 0 Å². The second kappa shape index (κ2) is 7.34. The van der Waals surface area contributed by atoms with Gasteiger partial charge < -0.3 is 21.7 Å². The van der Waals surface area contributed by atoms with E-state index in [-0.39, 0.29) is 17.2 Å². The summed E-state index contributed by atoms with van der Waals surface area (Å²) in [6.07, 6.45) is 6.55. The molecule has 25 heavy (non-hydrogen) atoms. The highest BCUT2D eigenvalue weighted by Gasteiger charge is 2.58. The summed E-state index contributed by atoms with van der Waals surface area (Å²) < 4.78 is 0. The summed E-state index contributed by atoms with van der Waals surface area (Å²) in [6.45, 7) is 4.06. The van der Waals surface area contributed by atoms with E-state index in [9.17, 15) is 15.0 Å². The number of amides is 1. The van der Waals surface area contributed by atoms with Gasteiger partial charge in [0.15, 0.2) is 0 Å². The van der Waals surface area contributed by atoms with Gasteiger partial charge in [0.1, 0.15) is 5.75 Å². The lowest BCUT2D eigenvalue weighted by Crippen LogP contribution is -2.60. The van der Waals surface area contributed by atoms with Crippen molar-refractivity contribution in [2.45, 2.75) is 69.8 Å². The minimum atomic E-state index is -0.817. The number of hydrogen-bond acceptors (Lipinski definition) is 4. The maximum atomic E-state index is 11.7. The van der Waals surface area contributed by atoms with Crippen molar-refractivity contribution in [3.63, 3.8) is 0 Å². The van der Waals surface area contributed by atoms with E-state index >= 15 is 0 Å². The van der Waals surface area contributed by atoms with Gasteiger partial charge in [-0.25, -0.2) is 0 Å². The van der Waals surface area contributed by atoms with E-state index in [0.29, 0.717) is 0 Å². The molecule has 1 amide bonds. The van der Waals surface area contributed by atoms with Gasteiger partial charge in [0, 0.05) is 11.0 Å². The molecular formula is C20H32N2O3. The van der Waals surface area contributed by atoms with Crippen LogP contribution in [0.1, 0.15) is 73.4 Å². The number of aliphatic hydroxyl groups is 1. The molecule has 2 fully saturated rings. The highest BCUT2D eigenvalue weighted by molar-refractivity contribution is 5.96. The van der Waals surface area contributed by atoms with Crippen LogP contribution in [0.25, 0.3) is 0 Å². The Hall–Kier alpha value is -1.59. The molecule has 0 aromatic heterocycles. The number of rotatable bonds is 2. The normalized spacial score (nSPS) is 31.5. The minimum absolute atomic E-state index is 0.0214. The molecule has 5 heteroatoms. The van der Waals surface area contributed by atoms with Crippen molar-refractivity contribution in [1.82, 2.24) is 0 Å². The first kappa shape index (κ1) is 19.7. The fourth-order valence-electron chi connectivity index (χ4n) is 5.25. The molecule has 0 aliphatic heterocycles. The third-order valence-corrected chi connectivity index (χ3v) is 6.43. The molecule has 3 rings (SSSR count). The van der Waals surface area contributed by atoms with Gasteiger partial charge in [0.2, 0.25) is 0 Å². The fourth-order valence-corrected chi connectivity index (χ4v) is 5.25. The summed E-state index contributed by atoms with van der Waals surface area (Å²) in [6, 6.07) is 3.43. The van der Waals surface area contributed by atoms with Gasteiger partial charge in [0.25, 0.3) is 5.91 Å². The number of carbonyl (C=O) groups is 1. The van der Waals surface area contributed by atoms with Gasteiger partial charge in [-0.05, 0) is 57.2 Å². The topological polar surface area (TPSA) is 110 Å². The fraction of sp³-hybridized carbons (Fsp3) is 0.650. The van der Waals surface area contributed by atoms with Crippen LogP contribution in [0.15, 0.2) is 12.1 Å². The van der Waals surface area contributed by atoms with Crippen LogP contribution in [0.4, 0.5) is 0 Å². The lowest BCUT2D eigenvalue weighted by molar-refractivity contribution is -0.133. The zero-order valence-electron chi connectivity index (χ0n) is 15.6. The highest BCUT2D eigenvalue weighted by atomic mass is 16.3. The summed E-state index contributed by atoms with van der Waals surface area (Å²) in [5, 5.41) is 22.4. The molecule has 0 unspecified atom stereocenters. The first-order valence-electron chi connectivity index (χ1n) is 9.26. The number of hydrogen-bond donors (Lipinski definition) is 4. The molecule has 6 N–H and O–H groups in total. The van der Waals surface area contributed by atoms with Crippen molar-refractivity contribution >= 4 is 5.91 Å². The molecule has 2 saturated carbocycles. The van der Waals surface area contributed by atoms with Crippen LogP contribution in [-0.2, 0) is 5.41 Å². The van der Waals surface area contributed by atoms with Gasteiger partial charge >= 0.3 is 0 Å². The average molecular weight is 348 g/mol. The molecule has 1 aromatic rings. The van der Waals surface area contributed by atoms with Crippen LogP contribution in [0, 0.1) is 12.8 Å². The van der Waals surface area contributed by atoms with Crippen LogP contribution in [0.3, 0.4) is 0 Å². The predicted octanol–water partition coefficient (Wildman–Crippen LogP) is 2.74. The van der Waals surface area contributed by atoms with Crippen molar-refractivity contribution < 1.29 is 15.0 Å². The Morgan fingerprint density at radius 3 is 2.40 bits per heavy atom. The van der Waals surface area contributed by atoms with Crippen molar-refractivity contribution in [2.75, 3.05) is 7.05 Å². The van der Waals surface area contributed by atoms with E-state index in [1.165, 1.54) is 7.05 Å². The van der Waals surface area contributed by atoms with Crippen molar-refractivity contribution in [2.24, 2.45) is 17.4 Å². The zero-order valence-corrected chi connectivity index (χ0v) is 15.6. The van der Waals surface area contributed by atoms with E-state index in [4.69, 9.17) is 5.73 Å². The number of aromatic hydroxyl groups is 1. The molecule has 1 aromatic carbocycles. The van der Waals surface area contributed by atoms with Crippen LogP contribution >= 0.6 is 0 Å². The Bertz CT molecular complexity index is 642. The molecule has 0 radical (unpaired) electrons. The Kier molecular flexibility index (Phi) is 5.79. The summed E-state index contributed by atoms with van der Waals surface area (Å²) in [5.74, 6) is -0.456. The second-order valence-electron chi connectivity index (χ2n) is 7.52. The number of phenols is 1. The molecule has 0 spiro atoms. The Labute approximate surface area is 150 Å². The monoisotopic (exact) mass is 348 g/mol. The number of aryl methyl sites for hydroxylation is 1. The lowest BCUT2D eigenvalue weighted by atomic mass is 9.50. The predicted molar refractivity (Wildman–Crippen MR) is 99.6 cm³/mol. The zero-order chi connectivity index (χ0) is 18.8. The van der Waals surface area contributed by atoms with Gasteiger partial charge in [-0.3, -0.25) is 4.79 Å². The van der Waals surface area contributed by atoms with E-state index in [1.807, 2.05) is 13.0 Å². The van der Waals surface area contributed by atoms with Gasteiger partial charge in [0.05, 0.1) is 11.2 Å². The van der Waals surface area contributed by atoms with Crippen molar-refractivity contribution in [3.05, 3.63) is 28.8 Å². The van der Waals surface area contributed by atoms with Crippen LogP contribution < -0.4 is 11.5 Å². The summed E-state index contributed by atoms with van der Waals surface area (Å²) in [4.78, 5) is 11.7. The number of fused-ring (bicyclic) bond motifs is 1. The molecule has 2 aliphatic carbocycles. The molecule has 140 valence electrons. The van der Waals surface area contributed by atoms with Gasteiger partial charge in [-0.1, -0.05) is 32.3 Å². The standard InChI is InChI=1S/C19H27NO3.CH5N/c1-12-7-8-14(17(20)22)16(21)15(12)18-9-3-4-11-19(18,23)13(2)6-5-10-18;1-2/h7-8,13,21,23H,3-6,9-11H2,1-2H3,(H2,20,22);2H2,1H3/t13-,18-,19+;/m0./s1. The maximum Gasteiger partial charge on any atom is 0.252 e. The first-order valence-corrected chi connectivity index (χ1v) is 9.26. The maximum absolute atomic E-state index is 11.7. The summed E-state index contributed by atoms with van der Waals surface area (Å²) in [5.41, 5.74) is 10.5. The number of carbonyl (C=O) groups excluding carboxylic acids is 1. The SMILES string of the molecule is CN.Cc1ccc(C(N)=O)c(O)c1[C@@]12CCCC[C@@]1(O)[C@@H](C)CCC2. The highest BCUT2D eigenvalue weighted by Crippen LogP contribution is 2.59. The Morgan fingerprint density at radius 1 is 1.16 bits per heavy atom. The van der Waals surface area contributed by atoms with E-state index < -0.39 is 16.9 Å². The molecular weight excluding hydrogens is 316 g/mol. The molecule has 0 bridgehead atoms. The summed E-state index contributed by atoms with van der Waals surface area (Å²) >= 11 is 0. The quantitative estimate of drug-likeness (QED) is 0.658. The third-order valence-electron chi connectivity index (χ3n) is 6.43. The van der Waals surface area contributed by atoms with E-state index in [0.717, 1.165) is 56.1 Å². The largest absolute Gasteiger partial charge is 0.507 e. The lowest BCUT2D eigenvalue weighted by Gasteiger charge is -2.57. The second-order valence-corrected chi connectivity index (χ2v) is 7.52. The molecule has 3 atom stereocenters.